The van der Waals surface area contributed by atoms with Crippen LogP contribution in [0.2, 0.25) is 0 Å². The highest BCUT2D eigenvalue weighted by Gasteiger charge is 2.28. The quantitative estimate of drug-likeness (QED) is 0.309. The summed E-state index contributed by atoms with van der Waals surface area (Å²) in [6.45, 7) is 1.69. The number of ketones is 1. The molecule has 0 heterocycles. The average molecular weight is 207 g/mol. The molecule has 0 saturated heterocycles. The highest BCUT2D eigenvalue weighted by atomic mass is 16.4. The number of rotatable bonds is 7. The Labute approximate surface area is 82.2 Å². The number of aliphatic hydroxyl groups is 4. The molecule has 14 heavy (non-hydrogen) atoms. The van der Waals surface area contributed by atoms with Crippen molar-refractivity contribution >= 4 is 5.78 Å². The zero-order valence-corrected chi connectivity index (χ0v) is 8.05. The molecule has 0 aromatic rings. The van der Waals surface area contributed by atoms with E-state index in [0.29, 0.717) is 6.54 Å². The van der Waals surface area contributed by atoms with E-state index in [1.54, 1.807) is 6.92 Å². The third-order valence-electron chi connectivity index (χ3n) is 1.76. The fourth-order valence-electron chi connectivity index (χ4n) is 0.868. The van der Waals surface area contributed by atoms with Gasteiger partial charge in [0.1, 0.15) is 18.3 Å². The molecule has 0 rings (SSSR count). The number of aliphatic hydroxyl groups excluding tert-OH is 4. The van der Waals surface area contributed by atoms with Crippen LogP contribution in [0.4, 0.5) is 0 Å². The molecule has 0 aromatic heterocycles. The Bertz CT molecular complexity index is 175. The highest BCUT2D eigenvalue weighted by molar-refractivity contribution is 5.87. The molecule has 6 nitrogen and oxygen atoms in total. The predicted octanol–water partition coefficient (Wildman–Crippen LogP) is -2.76. The topological polar surface area (TPSA) is 110 Å². The number of hydrogen-bond acceptors (Lipinski definition) is 6. The number of likely N-dealkylation sites (N-methyl/N-ethyl adjacent to an activating group) is 1. The highest BCUT2D eigenvalue weighted by Crippen LogP contribution is 1.98. The van der Waals surface area contributed by atoms with Gasteiger partial charge in [0.15, 0.2) is 5.78 Å². The van der Waals surface area contributed by atoms with Gasteiger partial charge >= 0.3 is 0 Å². The molecule has 0 spiro atoms. The molecular formula is C8H17NO5. The van der Waals surface area contributed by atoms with Crippen molar-refractivity contribution in [2.24, 2.45) is 0 Å². The third kappa shape index (κ3) is 4.12. The lowest BCUT2D eigenvalue weighted by molar-refractivity contribution is -0.142. The van der Waals surface area contributed by atoms with E-state index in [4.69, 9.17) is 15.3 Å². The van der Waals surface area contributed by atoms with Gasteiger partial charge in [-0.3, -0.25) is 4.79 Å². The van der Waals surface area contributed by atoms with Crippen LogP contribution in [0.3, 0.4) is 0 Å². The first kappa shape index (κ1) is 13.5. The zero-order valence-electron chi connectivity index (χ0n) is 8.05. The Balaban J connectivity index is 4.03. The first-order valence-electron chi connectivity index (χ1n) is 4.44. The minimum atomic E-state index is -1.74. The SMILES string of the molecule is CCNC[C@@H](O)C(=O)[C@H](O)[C@@H](O)CO. The summed E-state index contributed by atoms with van der Waals surface area (Å²) in [5.74, 6) is -0.896. The van der Waals surface area contributed by atoms with Gasteiger partial charge in [0.2, 0.25) is 0 Å². The second kappa shape index (κ2) is 6.86. The van der Waals surface area contributed by atoms with Crippen molar-refractivity contribution in [1.82, 2.24) is 5.32 Å². The van der Waals surface area contributed by atoms with Gasteiger partial charge < -0.3 is 25.7 Å². The lowest BCUT2D eigenvalue weighted by atomic mass is 10.1. The molecule has 0 bridgehead atoms. The van der Waals surface area contributed by atoms with Gasteiger partial charge in [-0.15, -0.1) is 0 Å². The Morgan fingerprint density at radius 3 is 2.36 bits per heavy atom. The fourth-order valence-corrected chi connectivity index (χ4v) is 0.868. The number of Topliss-reactive ketones (excluding diaryl/α,β-unsaturated/α-hetero) is 1. The van der Waals surface area contributed by atoms with Gasteiger partial charge in [-0.2, -0.15) is 0 Å². The molecule has 5 N–H and O–H groups in total. The molecule has 0 aliphatic heterocycles. The summed E-state index contributed by atoms with van der Waals surface area (Å²) in [4.78, 5) is 11.1. The molecule has 0 radical (unpaired) electrons. The summed E-state index contributed by atoms with van der Waals surface area (Å²) >= 11 is 0. The number of carbonyl (C=O) groups is 1. The smallest absolute Gasteiger partial charge is 0.193 e. The van der Waals surface area contributed by atoms with E-state index in [-0.39, 0.29) is 6.54 Å². The summed E-state index contributed by atoms with van der Waals surface area (Å²) < 4.78 is 0. The number of hydrogen-bond donors (Lipinski definition) is 5. The minimum Gasteiger partial charge on any atom is -0.394 e. The van der Waals surface area contributed by atoms with Crippen molar-refractivity contribution in [2.45, 2.75) is 25.2 Å². The lowest BCUT2D eigenvalue weighted by Gasteiger charge is -2.17. The number of carbonyl (C=O) groups excluding carboxylic acids is 1. The molecular weight excluding hydrogens is 190 g/mol. The van der Waals surface area contributed by atoms with E-state index in [9.17, 15) is 9.90 Å². The molecule has 84 valence electrons. The Hall–Kier alpha value is -0.530. The van der Waals surface area contributed by atoms with Crippen molar-refractivity contribution in [3.63, 3.8) is 0 Å². The largest absolute Gasteiger partial charge is 0.394 e. The molecule has 6 heteroatoms. The Morgan fingerprint density at radius 1 is 1.36 bits per heavy atom. The average Bonchev–Trinajstić information content (AvgIpc) is 2.22. The van der Waals surface area contributed by atoms with Gasteiger partial charge in [0.25, 0.3) is 0 Å². The van der Waals surface area contributed by atoms with Gasteiger partial charge in [0.05, 0.1) is 6.61 Å². The summed E-state index contributed by atoms with van der Waals surface area (Å²) in [6.07, 6.45) is -4.65. The van der Waals surface area contributed by atoms with Crippen molar-refractivity contribution in [3.05, 3.63) is 0 Å². The lowest BCUT2D eigenvalue weighted by Crippen LogP contribution is -2.45. The second-order valence-corrected chi connectivity index (χ2v) is 2.92. The normalized spacial score (nSPS) is 17.5. The van der Waals surface area contributed by atoms with Crippen molar-refractivity contribution in [2.75, 3.05) is 19.7 Å². The minimum absolute atomic E-state index is 0.0184. The molecule has 0 fully saturated rings. The van der Waals surface area contributed by atoms with Gasteiger partial charge in [0, 0.05) is 6.54 Å². The van der Waals surface area contributed by atoms with Crippen LogP contribution in [-0.4, -0.2) is 64.2 Å². The molecule has 0 aliphatic carbocycles. The maximum Gasteiger partial charge on any atom is 0.193 e. The van der Waals surface area contributed by atoms with Crippen LogP contribution in [0.25, 0.3) is 0 Å². The van der Waals surface area contributed by atoms with E-state index < -0.39 is 30.7 Å². The molecule has 3 atom stereocenters. The van der Waals surface area contributed by atoms with Crippen LogP contribution in [0, 0.1) is 0 Å². The molecule has 0 aliphatic rings. The van der Waals surface area contributed by atoms with E-state index in [1.165, 1.54) is 0 Å². The maximum absolute atomic E-state index is 11.1. The Morgan fingerprint density at radius 2 is 1.93 bits per heavy atom. The molecule has 0 saturated carbocycles. The molecule has 0 unspecified atom stereocenters. The standard InChI is InChI=1S/C8H17NO5/c1-2-9-3-5(11)7(13)8(14)6(12)4-10/h5-6,8-12,14H,2-4H2,1H3/t5-,6+,8-/m1/s1. The van der Waals surface area contributed by atoms with Crippen LogP contribution < -0.4 is 5.32 Å². The second-order valence-electron chi connectivity index (χ2n) is 2.92. The van der Waals surface area contributed by atoms with E-state index in [0.717, 1.165) is 0 Å². The Kier molecular flexibility index (Phi) is 6.60. The fraction of sp³-hybridized carbons (Fsp3) is 0.875. The predicted molar refractivity (Wildman–Crippen MR) is 48.7 cm³/mol. The third-order valence-corrected chi connectivity index (χ3v) is 1.76. The van der Waals surface area contributed by atoms with Crippen molar-refractivity contribution in [3.8, 4) is 0 Å². The van der Waals surface area contributed by atoms with E-state index in [2.05, 4.69) is 5.32 Å². The number of nitrogens with one attached hydrogen (secondary N) is 1. The van der Waals surface area contributed by atoms with E-state index >= 15 is 0 Å². The maximum atomic E-state index is 11.1. The van der Waals surface area contributed by atoms with Crippen LogP contribution >= 0.6 is 0 Å². The monoisotopic (exact) mass is 207 g/mol. The van der Waals surface area contributed by atoms with Crippen molar-refractivity contribution in [1.29, 1.82) is 0 Å². The summed E-state index contributed by atoms with van der Waals surface area (Å²) in [5, 5.41) is 38.4. The van der Waals surface area contributed by atoms with E-state index in [1.807, 2.05) is 0 Å². The summed E-state index contributed by atoms with van der Waals surface area (Å²) in [7, 11) is 0. The van der Waals surface area contributed by atoms with Gasteiger partial charge in [-0.1, -0.05) is 6.92 Å². The molecule has 0 aromatic carbocycles. The van der Waals surface area contributed by atoms with Crippen LogP contribution in [0.1, 0.15) is 6.92 Å². The van der Waals surface area contributed by atoms with Crippen LogP contribution in [0.15, 0.2) is 0 Å². The first-order valence-corrected chi connectivity index (χ1v) is 4.44. The summed E-state index contributed by atoms with van der Waals surface area (Å²) in [6, 6.07) is 0. The zero-order chi connectivity index (χ0) is 11.1. The first-order chi connectivity index (χ1) is 6.54. The van der Waals surface area contributed by atoms with Gasteiger partial charge in [-0.25, -0.2) is 0 Å². The van der Waals surface area contributed by atoms with Gasteiger partial charge in [-0.05, 0) is 6.54 Å². The summed E-state index contributed by atoms with van der Waals surface area (Å²) in [5.41, 5.74) is 0. The van der Waals surface area contributed by atoms with Crippen molar-refractivity contribution < 1.29 is 25.2 Å². The van der Waals surface area contributed by atoms with Crippen LogP contribution in [0.5, 0.6) is 0 Å². The molecule has 0 amide bonds. The van der Waals surface area contributed by atoms with Crippen LogP contribution in [-0.2, 0) is 4.79 Å².